The van der Waals surface area contributed by atoms with Gasteiger partial charge in [0.1, 0.15) is 5.75 Å². The summed E-state index contributed by atoms with van der Waals surface area (Å²) in [6.07, 6.45) is 0.502. The molecule has 1 rings (SSSR count). The van der Waals surface area contributed by atoms with Gasteiger partial charge in [0.15, 0.2) is 0 Å². The van der Waals surface area contributed by atoms with E-state index in [1.165, 1.54) is 0 Å². The number of rotatable bonds is 8. The summed E-state index contributed by atoms with van der Waals surface area (Å²) >= 11 is 0. The number of methoxy groups -OCH3 is 1. The Morgan fingerprint density at radius 1 is 1.32 bits per heavy atom. The molecular formula is C15H24N2O2. The first-order valence-electron chi connectivity index (χ1n) is 6.72. The van der Waals surface area contributed by atoms with Crippen LogP contribution in [0.1, 0.15) is 25.8 Å². The summed E-state index contributed by atoms with van der Waals surface area (Å²) in [5, 5.41) is 6.15. The van der Waals surface area contributed by atoms with E-state index < -0.39 is 0 Å². The van der Waals surface area contributed by atoms with Crippen LogP contribution in [0.2, 0.25) is 0 Å². The molecule has 1 amide bonds. The van der Waals surface area contributed by atoms with Gasteiger partial charge in [0.25, 0.3) is 0 Å². The third-order valence-corrected chi connectivity index (χ3v) is 2.74. The van der Waals surface area contributed by atoms with Crippen LogP contribution in [0.5, 0.6) is 5.75 Å². The van der Waals surface area contributed by atoms with E-state index in [0.717, 1.165) is 17.9 Å². The number of amides is 1. The van der Waals surface area contributed by atoms with Gasteiger partial charge in [-0.05, 0) is 12.0 Å². The van der Waals surface area contributed by atoms with Gasteiger partial charge in [-0.15, -0.1) is 0 Å². The highest BCUT2D eigenvalue weighted by molar-refractivity contribution is 5.76. The van der Waals surface area contributed by atoms with Crippen LogP contribution in [0, 0.1) is 5.92 Å². The summed E-state index contributed by atoms with van der Waals surface area (Å²) in [5.41, 5.74) is 1.10. The minimum Gasteiger partial charge on any atom is -0.496 e. The minimum atomic E-state index is 0.0984. The molecule has 0 aliphatic carbocycles. The normalized spacial score (nSPS) is 10.5. The van der Waals surface area contributed by atoms with E-state index in [4.69, 9.17) is 4.74 Å². The second-order valence-corrected chi connectivity index (χ2v) is 4.94. The molecule has 0 aromatic heterocycles. The van der Waals surface area contributed by atoms with Crippen LogP contribution in [-0.2, 0) is 11.3 Å². The molecule has 1 aromatic carbocycles. The molecule has 0 aliphatic heterocycles. The van der Waals surface area contributed by atoms with Crippen LogP contribution < -0.4 is 15.4 Å². The van der Waals surface area contributed by atoms with Crippen LogP contribution in [-0.4, -0.2) is 26.1 Å². The fourth-order valence-electron chi connectivity index (χ4n) is 1.68. The van der Waals surface area contributed by atoms with Gasteiger partial charge in [0.05, 0.1) is 7.11 Å². The van der Waals surface area contributed by atoms with Gasteiger partial charge in [0, 0.05) is 31.6 Å². The van der Waals surface area contributed by atoms with Gasteiger partial charge < -0.3 is 15.4 Å². The van der Waals surface area contributed by atoms with Gasteiger partial charge >= 0.3 is 0 Å². The smallest absolute Gasteiger partial charge is 0.221 e. The zero-order valence-corrected chi connectivity index (χ0v) is 12.0. The number of para-hydroxylation sites is 1. The van der Waals surface area contributed by atoms with Crippen LogP contribution >= 0.6 is 0 Å². The molecule has 0 aliphatic rings. The first-order valence-corrected chi connectivity index (χ1v) is 6.72. The molecule has 0 fully saturated rings. The lowest BCUT2D eigenvalue weighted by Gasteiger charge is -2.10. The second kappa shape index (κ2) is 8.53. The highest BCUT2D eigenvalue weighted by atomic mass is 16.5. The highest BCUT2D eigenvalue weighted by Crippen LogP contribution is 2.16. The zero-order valence-electron chi connectivity index (χ0n) is 12.0. The molecule has 0 saturated heterocycles. The summed E-state index contributed by atoms with van der Waals surface area (Å²) in [6.45, 7) is 6.29. The Labute approximate surface area is 115 Å². The number of nitrogens with one attached hydrogen (secondary N) is 2. The van der Waals surface area contributed by atoms with Crippen molar-refractivity contribution >= 4 is 5.91 Å². The summed E-state index contributed by atoms with van der Waals surface area (Å²) in [7, 11) is 1.66. The van der Waals surface area contributed by atoms with Crippen LogP contribution in [0.4, 0.5) is 0 Å². The maximum atomic E-state index is 11.5. The predicted molar refractivity (Wildman–Crippen MR) is 77.2 cm³/mol. The van der Waals surface area contributed by atoms with E-state index >= 15 is 0 Å². The average molecular weight is 264 g/mol. The van der Waals surface area contributed by atoms with Gasteiger partial charge in [-0.1, -0.05) is 32.0 Å². The van der Waals surface area contributed by atoms with Gasteiger partial charge in [-0.2, -0.15) is 0 Å². The standard InChI is InChI=1S/C15H24N2O2/c1-12(2)10-17-15(18)8-9-16-11-13-6-4-5-7-14(13)19-3/h4-7,12,16H,8-11H2,1-3H3,(H,17,18). The molecule has 0 saturated carbocycles. The topological polar surface area (TPSA) is 50.4 Å². The molecule has 1 aromatic rings. The molecule has 106 valence electrons. The van der Waals surface area contributed by atoms with Crippen molar-refractivity contribution in [1.82, 2.24) is 10.6 Å². The van der Waals surface area contributed by atoms with Gasteiger partial charge in [-0.3, -0.25) is 4.79 Å². The van der Waals surface area contributed by atoms with Crippen molar-refractivity contribution in [3.05, 3.63) is 29.8 Å². The van der Waals surface area contributed by atoms with Gasteiger partial charge in [-0.25, -0.2) is 0 Å². The van der Waals surface area contributed by atoms with E-state index in [2.05, 4.69) is 24.5 Å². The molecule has 0 heterocycles. The number of carbonyl (C=O) groups excluding carboxylic acids is 1. The van der Waals surface area contributed by atoms with Crippen molar-refractivity contribution in [2.45, 2.75) is 26.8 Å². The van der Waals surface area contributed by atoms with Crippen LogP contribution in [0.15, 0.2) is 24.3 Å². The largest absolute Gasteiger partial charge is 0.496 e. The molecule has 19 heavy (non-hydrogen) atoms. The van der Waals surface area contributed by atoms with Crippen molar-refractivity contribution in [3.63, 3.8) is 0 Å². The summed E-state index contributed by atoms with van der Waals surface area (Å²) < 4.78 is 5.27. The lowest BCUT2D eigenvalue weighted by Crippen LogP contribution is -2.30. The van der Waals surface area contributed by atoms with Crippen molar-refractivity contribution in [3.8, 4) is 5.75 Å². The van der Waals surface area contributed by atoms with E-state index in [0.29, 0.717) is 25.4 Å². The molecule has 0 unspecified atom stereocenters. The molecular weight excluding hydrogens is 240 g/mol. The molecule has 0 atom stereocenters. The van der Waals surface area contributed by atoms with Crippen molar-refractivity contribution in [2.24, 2.45) is 5.92 Å². The Balaban J connectivity index is 2.22. The summed E-state index contributed by atoms with van der Waals surface area (Å²) in [5.74, 6) is 1.46. The van der Waals surface area contributed by atoms with Crippen molar-refractivity contribution in [1.29, 1.82) is 0 Å². The van der Waals surface area contributed by atoms with E-state index in [-0.39, 0.29) is 5.91 Å². The SMILES string of the molecule is COc1ccccc1CNCCC(=O)NCC(C)C. The Morgan fingerprint density at radius 3 is 2.74 bits per heavy atom. The third kappa shape index (κ3) is 6.25. The van der Waals surface area contributed by atoms with E-state index in [1.807, 2.05) is 24.3 Å². The fraction of sp³-hybridized carbons (Fsp3) is 0.533. The Morgan fingerprint density at radius 2 is 2.05 bits per heavy atom. The second-order valence-electron chi connectivity index (χ2n) is 4.94. The maximum Gasteiger partial charge on any atom is 0.221 e. The number of benzene rings is 1. The quantitative estimate of drug-likeness (QED) is 0.706. The number of carbonyl (C=O) groups is 1. The third-order valence-electron chi connectivity index (χ3n) is 2.74. The molecule has 4 nitrogen and oxygen atoms in total. The summed E-state index contributed by atoms with van der Waals surface area (Å²) in [4.78, 5) is 11.5. The van der Waals surface area contributed by atoms with Crippen molar-refractivity contribution in [2.75, 3.05) is 20.2 Å². The first-order chi connectivity index (χ1) is 9.13. The Kier molecular flexibility index (Phi) is 6.97. The zero-order chi connectivity index (χ0) is 14.1. The number of ether oxygens (including phenoxy) is 1. The number of hydrogen-bond donors (Lipinski definition) is 2. The van der Waals surface area contributed by atoms with E-state index in [1.54, 1.807) is 7.11 Å². The molecule has 4 heteroatoms. The maximum absolute atomic E-state index is 11.5. The molecule has 2 N–H and O–H groups in total. The van der Waals surface area contributed by atoms with Crippen molar-refractivity contribution < 1.29 is 9.53 Å². The average Bonchev–Trinajstić information content (AvgIpc) is 2.41. The first kappa shape index (κ1) is 15.5. The lowest BCUT2D eigenvalue weighted by molar-refractivity contribution is -0.121. The molecule has 0 bridgehead atoms. The van der Waals surface area contributed by atoms with Crippen LogP contribution in [0.25, 0.3) is 0 Å². The summed E-state index contributed by atoms with van der Waals surface area (Å²) in [6, 6.07) is 7.88. The predicted octanol–water partition coefficient (Wildman–Crippen LogP) is 1.95. The highest BCUT2D eigenvalue weighted by Gasteiger charge is 2.03. The fourth-order valence-corrected chi connectivity index (χ4v) is 1.68. The monoisotopic (exact) mass is 264 g/mol. The number of hydrogen-bond acceptors (Lipinski definition) is 3. The van der Waals surface area contributed by atoms with Crippen LogP contribution in [0.3, 0.4) is 0 Å². The van der Waals surface area contributed by atoms with Gasteiger partial charge in [0.2, 0.25) is 5.91 Å². The molecule has 0 radical (unpaired) electrons. The Hall–Kier alpha value is -1.55. The Bertz CT molecular complexity index is 391. The molecule has 0 spiro atoms. The van der Waals surface area contributed by atoms with E-state index in [9.17, 15) is 4.79 Å². The minimum absolute atomic E-state index is 0.0984. The lowest BCUT2D eigenvalue weighted by atomic mass is 10.2.